The van der Waals surface area contributed by atoms with Crippen LogP contribution in [0.3, 0.4) is 0 Å². The minimum Gasteiger partial charge on any atom is -0.103 e. The van der Waals surface area contributed by atoms with Crippen molar-refractivity contribution in [3.05, 3.63) is 47.5 Å². The SMILES string of the molecule is C=CCC(Br)c1cccc(Cl)c1. The van der Waals surface area contributed by atoms with E-state index in [1.807, 2.05) is 24.3 Å². The molecule has 1 aromatic carbocycles. The second kappa shape index (κ2) is 4.68. The van der Waals surface area contributed by atoms with Gasteiger partial charge >= 0.3 is 0 Å². The standard InChI is InChI=1S/C10H10BrCl/c1-2-4-10(11)8-5-3-6-9(12)7-8/h2-3,5-7,10H,1,4H2. The first kappa shape index (κ1) is 9.82. The van der Waals surface area contributed by atoms with Gasteiger partial charge in [-0.25, -0.2) is 0 Å². The van der Waals surface area contributed by atoms with Crippen molar-refractivity contribution in [1.82, 2.24) is 0 Å². The van der Waals surface area contributed by atoms with Crippen LogP contribution in [0.5, 0.6) is 0 Å². The Labute approximate surface area is 86.4 Å². The lowest BCUT2D eigenvalue weighted by molar-refractivity contribution is 0.992. The fraction of sp³-hybridized carbons (Fsp3) is 0.200. The third-order valence-corrected chi connectivity index (χ3v) is 2.72. The van der Waals surface area contributed by atoms with Crippen molar-refractivity contribution >= 4 is 27.5 Å². The summed E-state index contributed by atoms with van der Waals surface area (Å²) in [4.78, 5) is 0.327. The number of rotatable bonds is 3. The molecule has 0 heterocycles. The van der Waals surface area contributed by atoms with Gasteiger partial charge in [0.1, 0.15) is 0 Å². The zero-order valence-electron chi connectivity index (χ0n) is 6.63. The number of hydrogen-bond donors (Lipinski definition) is 0. The molecule has 0 aliphatic rings. The molecule has 0 radical (unpaired) electrons. The zero-order valence-corrected chi connectivity index (χ0v) is 8.98. The van der Waals surface area contributed by atoms with E-state index in [9.17, 15) is 0 Å². The molecule has 0 bridgehead atoms. The summed E-state index contributed by atoms with van der Waals surface area (Å²) in [6.07, 6.45) is 2.81. The second-order valence-corrected chi connectivity index (χ2v) is 4.09. The topological polar surface area (TPSA) is 0 Å². The maximum absolute atomic E-state index is 5.84. The van der Waals surface area contributed by atoms with E-state index < -0.39 is 0 Å². The van der Waals surface area contributed by atoms with Gasteiger partial charge in [0.25, 0.3) is 0 Å². The first-order valence-electron chi connectivity index (χ1n) is 3.74. The Morgan fingerprint density at radius 1 is 1.58 bits per heavy atom. The molecule has 1 aromatic rings. The van der Waals surface area contributed by atoms with E-state index in [1.165, 1.54) is 5.56 Å². The van der Waals surface area contributed by atoms with E-state index in [0.717, 1.165) is 11.4 Å². The fourth-order valence-corrected chi connectivity index (χ4v) is 1.73. The first-order valence-corrected chi connectivity index (χ1v) is 5.04. The highest BCUT2D eigenvalue weighted by Crippen LogP contribution is 2.28. The molecule has 0 aliphatic heterocycles. The van der Waals surface area contributed by atoms with Crippen LogP contribution in [-0.2, 0) is 0 Å². The molecule has 1 rings (SSSR count). The summed E-state index contributed by atoms with van der Waals surface area (Å²) in [5.41, 5.74) is 1.20. The van der Waals surface area contributed by atoms with Gasteiger partial charge < -0.3 is 0 Å². The summed E-state index contributed by atoms with van der Waals surface area (Å²) in [6, 6.07) is 7.84. The normalized spacial score (nSPS) is 12.5. The van der Waals surface area contributed by atoms with Crippen LogP contribution in [0.4, 0.5) is 0 Å². The van der Waals surface area contributed by atoms with Crippen LogP contribution in [0.2, 0.25) is 5.02 Å². The molecule has 64 valence electrons. The van der Waals surface area contributed by atoms with Crippen molar-refractivity contribution in [3.63, 3.8) is 0 Å². The summed E-state index contributed by atoms with van der Waals surface area (Å²) in [6.45, 7) is 3.69. The van der Waals surface area contributed by atoms with Gasteiger partial charge in [0, 0.05) is 9.85 Å². The van der Waals surface area contributed by atoms with E-state index in [1.54, 1.807) is 0 Å². The molecule has 0 aromatic heterocycles. The van der Waals surface area contributed by atoms with Crippen LogP contribution >= 0.6 is 27.5 Å². The monoisotopic (exact) mass is 244 g/mol. The molecule has 1 atom stereocenters. The molecule has 0 nitrogen and oxygen atoms in total. The largest absolute Gasteiger partial charge is 0.103 e. The average Bonchev–Trinajstić information content (AvgIpc) is 2.05. The summed E-state index contributed by atoms with van der Waals surface area (Å²) >= 11 is 9.39. The lowest BCUT2D eigenvalue weighted by atomic mass is 10.1. The third kappa shape index (κ3) is 2.65. The van der Waals surface area contributed by atoms with Crippen molar-refractivity contribution in [1.29, 1.82) is 0 Å². The summed E-state index contributed by atoms with van der Waals surface area (Å²) in [5.74, 6) is 0. The highest BCUT2D eigenvalue weighted by molar-refractivity contribution is 9.09. The van der Waals surface area contributed by atoms with E-state index in [-0.39, 0.29) is 0 Å². The van der Waals surface area contributed by atoms with Gasteiger partial charge in [-0.2, -0.15) is 0 Å². The smallest absolute Gasteiger partial charge is 0.0430 e. The molecule has 0 saturated carbocycles. The third-order valence-electron chi connectivity index (χ3n) is 1.58. The molecule has 12 heavy (non-hydrogen) atoms. The van der Waals surface area contributed by atoms with Gasteiger partial charge in [0.05, 0.1) is 0 Å². The molecular weight excluding hydrogens is 235 g/mol. The van der Waals surface area contributed by atoms with Gasteiger partial charge in [-0.15, -0.1) is 6.58 Å². The van der Waals surface area contributed by atoms with Crippen LogP contribution in [0, 0.1) is 0 Å². The summed E-state index contributed by atoms with van der Waals surface area (Å²) in [7, 11) is 0. The lowest BCUT2D eigenvalue weighted by Crippen LogP contribution is -1.86. The van der Waals surface area contributed by atoms with Crippen molar-refractivity contribution in [3.8, 4) is 0 Å². The number of allylic oxidation sites excluding steroid dienone is 1. The number of halogens is 2. The van der Waals surface area contributed by atoms with E-state index >= 15 is 0 Å². The maximum atomic E-state index is 5.84. The Morgan fingerprint density at radius 3 is 2.92 bits per heavy atom. The van der Waals surface area contributed by atoms with Crippen LogP contribution in [0.25, 0.3) is 0 Å². The van der Waals surface area contributed by atoms with Crippen LogP contribution in [0.15, 0.2) is 36.9 Å². The second-order valence-electron chi connectivity index (χ2n) is 2.55. The van der Waals surface area contributed by atoms with E-state index in [4.69, 9.17) is 11.6 Å². The average molecular weight is 246 g/mol. The Hall–Kier alpha value is -0.270. The molecule has 2 heteroatoms. The van der Waals surface area contributed by atoms with Crippen molar-refractivity contribution in [2.24, 2.45) is 0 Å². The predicted octanol–water partition coefficient (Wildman–Crippen LogP) is 4.35. The lowest BCUT2D eigenvalue weighted by Gasteiger charge is -2.06. The Bertz CT molecular complexity index is 270. The van der Waals surface area contributed by atoms with Gasteiger partial charge in [-0.05, 0) is 24.1 Å². The fourth-order valence-electron chi connectivity index (χ4n) is 0.984. The minimum absolute atomic E-state index is 0.327. The number of benzene rings is 1. The number of alkyl halides is 1. The first-order chi connectivity index (χ1) is 5.74. The highest BCUT2D eigenvalue weighted by atomic mass is 79.9. The predicted molar refractivity (Wildman–Crippen MR) is 57.9 cm³/mol. The van der Waals surface area contributed by atoms with E-state index in [2.05, 4.69) is 28.6 Å². The molecule has 1 unspecified atom stereocenters. The van der Waals surface area contributed by atoms with Gasteiger partial charge in [0.2, 0.25) is 0 Å². The highest BCUT2D eigenvalue weighted by Gasteiger charge is 2.04. The summed E-state index contributed by atoms with van der Waals surface area (Å²) < 4.78 is 0. The Kier molecular flexibility index (Phi) is 3.83. The Morgan fingerprint density at radius 2 is 2.33 bits per heavy atom. The zero-order chi connectivity index (χ0) is 8.97. The van der Waals surface area contributed by atoms with Gasteiger partial charge in [-0.1, -0.05) is 45.7 Å². The van der Waals surface area contributed by atoms with Crippen LogP contribution in [0.1, 0.15) is 16.8 Å². The maximum Gasteiger partial charge on any atom is 0.0430 e. The van der Waals surface area contributed by atoms with Crippen LogP contribution in [-0.4, -0.2) is 0 Å². The molecule has 0 spiro atoms. The Balaban J connectivity index is 2.80. The molecule has 0 fully saturated rings. The number of hydrogen-bond acceptors (Lipinski definition) is 0. The summed E-state index contributed by atoms with van der Waals surface area (Å²) in [5, 5.41) is 0.779. The van der Waals surface area contributed by atoms with Crippen LogP contribution < -0.4 is 0 Å². The van der Waals surface area contributed by atoms with Crippen molar-refractivity contribution in [2.45, 2.75) is 11.2 Å². The molecule has 0 aliphatic carbocycles. The molecule has 0 amide bonds. The minimum atomic E-state index is 0.327. The van der Waals surface area contributed by atoms with Crippen molar-refractivity contribution in [2.75, 3.05) is 0 Å². The molecule has 0 N–H and O–H groups in total. The quantitative estimate of drug-likeness (QED) is 0.548. The van der Waals surface area contributed by atoms with E-state index in [0.29, 0.717) is 4.83 Å². The van der Waals surface area contributed by atoms with Gasteiger partial charge in [0.15, 0.2) is 0 Å². The molecular formula is C10H10BrCl. The molecule has 0 saturated heterocycles. The van der Waals surface area contributed by atoms with Crippen molar-refractivity contribution < 1.29 is 0 Å². The van der Waals surface area contributed by atoms with Gasteiger partial charge in [-0.3, -0.25) is 0 Å².